The zero-order valence-corrected chi connectivity index (χ0v) is 94.0. The van der Waals surface area contributed by atoms with Gasteiger partial charge in [0.05, 0.1) is 25.2 Å². The smallest absolute Gasteiger partial charge is 0.203 e. The van der Waals surface area contributed by atoms with Crippen molar-refractivity contribution in [3.05, 3.63) is 111 Å². The molecule has 0 aromatic carbocycles. The maximum Gasteiger partial charge on any atom is 0.203 e. The molecule has 0 saturated heterocycles. The SMILES string of the molecule is C.C.C.C.C=C[C@]12CCC(C)(C)C[C@H]1[C@H]1C(=O)CC3[C@@]4(C)Cc5cnoc5C(C)(C)[C@@H]4CC[C@@]3(C)[C@]1(C)CC2.CC[C@]12CCC(C)(C)C[C@H]1[C@H]1C(=O)C=C3[C@@]4(C)Cc5cnoc5C(C)(C)[C@@H]4CC[C@@]3(C)[C@]1(C)CC2.CC[C@]12CCC(C)(C)C[C@H]1[C@H]1C(=O)CC3[C@@]4(C)Cc5cnoc5C(C)(C)[C@@H]4CC[C@@]3(C)[C@]1(C)CC2.[C-]#[N+]C1=C(O)C(C)(C)[C@@H]2CC[C@]3(C)C(=CC(=O)[C@@H]4[C@@H]5CC(C)(C)CC[C@]5(CC)CC[C@]43C)[C@@]2(C)C1. The fraction of sp³-hybridized carbons (Fsp3) is 0.833. The topological polar surface area (TPSA) is 171 Å². The van der Waals surface area contributed by atoms with Crippen LogP contribution in [-0.2, 0) is 54.7 Å². The van der Waals surface area contributed by atoms with Crippen molar-refractivity contribution in [2.45, 2.75) is 498 Å². The van der Waals surface area contributed by atoms with Gasteiger partial charge in [-0.05, 0) is 385 Å². The lowest BCUT2D eigenvalue weighted by Gasteiger charge is -2.72. The van der Waals surface area contributed by atoms with Crippen LogP contribution in [0.2, 0.25) is 0 Å². The average molecular weight is 1980 g/mol. The highest BCUT2D eigenvalue weighted by Gasteiger charge is 2.78. The van der Waals surface area contributed by atoms with Gasteiger partial charge in [0.25, 0.3) is 0 Å². The molecule has 0 aliphatic heterocycles. The van der Waals surface area contributed by atoms with Gasteiger partial charge in [-0.2, -0.15) is 0 Å². The van der Waals surface area contributed by atoms with Crippen LogP contribution in [0.4, 0.5) is 0 Å². The molecule has 12 nitrogen and oxygen atoms in total. The highest BCUT2D eigenvalue weighted by Crippen LogP contribution is 2.83. The number of allylic oxidation sites excluding steroid dienone is 7. The van der Waals surface area contributed by atoms with Crippen LogP contribution in [0.25, 0.3) is 4.85 Å². The van der Waals surface area contributed by atoms with Gasteiger partial charge in [-0.15, -0.1) is 6.58 Å². The molecule has 20 aliphatic carbocycles. The summed E-state index contributed by atoms with van der Waals surface area (Å²) in [7, 11) is 0. The molecule has 14 saturated carbocycles. The minimum atomic E-state index is -0.451. The molecule has 3 heterocycles. The number of rotatable bonds is 4. The summed E-state index contributed by atoms with van der Waals surface area (Å²) in [6.45, 7) is 87.4. The Hall–Kier alpha value is -5.44. The van der Waals surface area contributed by atoms with E-state index in [1.165, 1.54) is 201 Å². The van der Waals surface area contributed by atoms with Crippen molar-refractivity contribution in [3.63, 3.8) is 0 Å². The Morgan fingerprint density at radius 1 is 0.361 bits per heavy atom. The average Bonchev–Trinajstić information content (AvgIpc) is 1.23. The zero-order chi connectivity index (χ0) is 102. The number of carbonyl (C=O) groups excluding carboxylic acids is 4. The van der Waals surface area contributed by atoms with E-state index in [9.17, 15) is 24.3 Å². The molecule has 144 heavy (non-hydrogen) atoms. The fourth-order valence-electron chi connectivity index (χ4n) is 44.7. The quantitative estimate of drug-likeness (QED) is 0.195. The van der Waals surface area contributed by atoms with Crippen molar-refractivity contribution in [2.24, 2.45) is 197 Å². The monoisotopic (exact) mass is 1980 g/mol. The molecule has 3 aromatic rings. The first kappa shape index (κ1) is 111. The summed E-state index contributed by atoms with van der Waals surface area (Å²) in [4.78, 5) is 61.5. The van der Waals surface area contributed by atoms with Crippen LogP contribution in [-0.4, -0.2) is 43.7 Å². The molecule has 802 valence electrons. The zero-order valence-electron chi connectivity index (χ0n) is 94.0. The fourth-order valence-corrected chi connectivity index (χ4v) is 44.7. The number of hydrogen-bond donors (Lipinski definition) is 1. The molecular formula is C132H206N4O8. The summed E-state index contributed by atoms with van der Waals surface area (Å²) in [5, 5.41) is 23.7. The third kappa shape index (κ3) is 14.6. The van der Waals surface area contributed by atoms with Gasteiger partial charge in [-0.25, -0.2) is 4.85 Å². The normalized spacial score (nSPS) is 47.4. The van der Waals surface area contributed by atoms with Crippen LogP contribution in [0.15, 0.2) is 79.6 Å². The lowest BCUT2D eigenvalue weighted by atomic mass is 9.31. The van der Waals surface area contributed by atoms with Gasteiger partial charge in [-0.1, -0.05) is 296 Å². The number of aliphatic hydroxyl groups excluding tert-OH is 1. The van der Waals surface area contributed by atoms with Gasteiger partial charge in [0.15, 0.2) is 11.6 Å². The van der Waals surface area contributed by atoms with Crippen LogP contribution in [0.5, 0.6) is 0 Å². The van der Waals surface area contributed by atoms with Gasteiger partial charge >= 0.3 is 0 Å². The van der Waals surface area contributed by atoms with E-state index in [4.69, 9.17) is 20.1 Å². The first-order chi connectivity index (χ1) is 64.8. The summed E-state index contributed by atoms with van der Waals surface area (Å²) in [5.41, 5.74) is 9.53. The molecule has 1 N–H and O–H groups in total. The summed E-state index contributed by atoms with van der Waals surface area (Å²) in [6, 6.07) is 0. The number of Topliss-reactive ketones (excluding diaryl/α,β-unsaturated/α-hetero) is 2. The molecule has 3 aromatic heterocycles. The summed E-state index contributed by atoms with van der Waals surface area (Å²) in [5.74, 6) is 10.9. The van der Waals surface area contributed by atoms with Gasteiger partial charge in [0.2, 0.25) is 5.70 Å². The molecule has 2 unspecified atom stereocenters. The number of nitrogens with zero attached hydrogens (tertiary/aromatic N) is 4. The van der Waals surface area contributed by atoms with Crippen molar-refractivity contribution in [1.82, 2.24) is 15.5 Å². The summed E-state index contributed by atoms with van der Waals surface area (Å²) < 4.78 is 17.5. The van der Waals surface area contributed by atoms with E-state index in [0.29, 0.717) is 126 Å². The third-order valence-electron chi connectivity index (χ3n) is 53.5. The Bertz CT molecular complexity index is 5670. The van der Waals surface area contributed by atoms with Gasteiger partial charge in [0, 0.05) is 74.9 Å². The number of aromatic nitrogens is 3. The van der Waals surface area contributed by atoms with Crippen molar-refractivity contribution in [1.29, 1.82) is 0 Å². The van der Waals surface area contributed by atoms with E-state index < -0.39 is 5.41 Å². The first-order valence-corrected chi connectivity index (χ1v) is 57.7. The maximum atomic E-state index is 14.5. The minimum Gasteiger partial charge on any atom is -0.523 e. The molecule has 23 rings (SSSR count). The van der Waals surface area contributed by atoms with E-state index in [1.807, 2.05) is 18.6 Å². The van der Waals surface area contributed by atoms with Crippen LogP contribution in [0.1, 0.15) is 497 Å². The number of carbonyl (C=O) groups is 4. The predicted octanol–water partition coefficient (Wildman–Crippen LogP) is 35.4. The highest BCUT2D eigenvalue weighted by molar-refractivity contribution is 5.96. The number of aliphatic hydroxyl groups is 1. The molecule has 14 fully saturated rings. The lowest BCUT2D eigenvalue weighted by Crippen LogP contribution is -2.69. The van der Waals surface area contributed by atoms with Crippen LogP contribution in [0, 0.1) is 203 Å². The van der Waals surface area contributed by atoms with E-state index in [-0.39, 0.29) is 152 Å². The van der Waals surface area contributed by atoms with Crippen molar-refractivity contribution in [2.75, 3.05) is 0 Å². The predicted molar refractivity (Wildman–Crippen MR) is 588 cm³/mol. The summed E-state index contributed by atoms with van der Waals surface area (Å²) >= 11 is 0. The molecule has 0 radical (unpaired) electrons. The number of hydrogen-bond acceptors (Lipinski definition) is 11. The summed E-state index contributed by atoms with van der Waals surface area (Å²) in [6.07, 6.45) is 55.5. The van der Waals surface area contributed by atoms with Crippen LogP contribution >= 0.6 is 0 Å². The largest absolute Gasteiger partial charge is 0.523 e. The van der Waals surface area contributed by atoms with E-state index in [0.717, 1.165) is 75.1 Å². The van der Waals surface area contributed by atoms with Gasteiger partial charge < -0.3 is 18.7 Å². The Kier molecular flexibility index (Phi) is 26.7. The highest BCUT2D eigenvalue weighted by atomic mass is 16.5. The third-order valence-corrected chi connectivity index (χ3v) is 53.5. The minimum absolute atomic E-state index is 0. The van der Waals surface area contributed by atoms with E-state index in [1.54, 1.807) is 0 Å². The standard InChI is InChI=1S/C32H49NO2.3C32H47NO2.4CH4/c3*1-9-32-14-12-27(2,3)18-21(32)25-22(34)16-24-29(6)17-20-19-33-35-26(20)28(4,5)23(29)10-11-30(24,7)31(25,8)13-15-32;1-10-32-15-13-27(2,3)18-20(32)25-22(34)17-24-29(6)19-21(33-9)26(35)28(4,5)23(29)11-12-30(24,7)31(25,8)14-16-32;;;;/h19,21,23-25H,9-18H2,1-8H3;16,19,21,23,25H,9-15,17-18H2,1-8H3;9,19,21,23-25H,1,10-18H2,2-8H3;17,20,23,25,35H,10-16,18-19H2,1-8H3;4*1H4/t21-,23-,24?,25-,29-,30+,31+,32+;21-,23-,25-,29-,30+,31+,32+;21-,23-,24?,25-,29-,30+,31+,32+;20-,23-,25-,29-,30+,31+,32+;;;;/m0000..../s1. The van der Waals surface area contributed by atoms with E-state index in [2.05, 4.69) is 260 Å². The molecule has 0 amide bonds. The number of fused-ring (bicyclic) bond motifs is 31. The Morgan fingerprint density at radius 3 is 1.04 bits per heavy atom. The van der Waals surface area contributed by atoms with Crippen molar-refractivity contribution < 1.29 is 37.9 Å². The Morgan fingerprint density at radius 2 is 0.667 bits per heavy atom. The van der Waals surface area contributed by atoms with Gasteiger partial charge in [-0.3, -0.25) is 19.2 Å². The van der Waals surface area contributed by atoms with E-state index >= 15 is 0 Å². The van der Waals surface area contributed by atoms with Crippen LogP contribution in [0.3, 0.4) is 0 Å². The van der Waals surface area contributed by atoms with Crippen molar-refractivity contribution >= 4 is 23.1 Å². The molecule has 30 atom stereocenters. The molecule has 0 spiro atoms. The molecule has 12 heteroatoms. The van der Waals surface area contributed by atoms with Gasteiger partial charge in [0.1, 0.15) is 34.6 Å². The lowest BCUT2D eigenvalue weighted by molar-refractivity contribution is -0.229. The second-order valence-corrected chi connectivity index (χ2v) is 62.2. The molecule has 0 bridgehead atoms. The molecular weight excluding hydrogens is 1770 g/mol. The van der Waals surface area contributed by atoms with Crippen LogP contribution < -0.4 is 0 Å². The molecule has 20 aliphatic rings. The maximum absolute atomic E-state index is 14.5. The first-order valence-electron chi connectivity index (χ1n) is 57.7. The Balaban J connectivity index is 0.000000136. The second-order valence-electron chi connectivity index (χ2n) is 62.2. The Labute approximate surface area is 877 Å². The number of ketones is 4. The van der Waals surface area contributed by atoms with Crippen molar-refractivity contribution in [3.8, 4) is 0 Å². The second kappa shape index (κ2) is 34.5.